The zero-order valence-corrected chi connectivity index (χ0v) is 17.5. The highest BCUT2D eigenvalue weighted by atomic mass is 35.5. The van der Waals surface area contributed by atoms with E-state index < -0.39 is 10.0 Å². The molecular weight excluding hydrogens is 421 g/mol. The number of piperidine rings is 1. The lowest BCUT2D eigenvalue weighted by Crippen LogP contribution is -2.45. The van der Waals surface area contributed by atoms with Crippen LogP contribution in [0.15, 0.2) is 42.7 Å². The lowest BCUT2D eigenvalue weighted by molar-refractivity contribution is -0.126. The van der Waals surface area contributed by atoms with Gasteiger partial charge in [0.05, 0.1) is 11.7 Å². The molecule has 2 aromatic rings. The molecule has 150 valence electrons. The summed E-state index contributed by atoms with van der Waals surface area (Å²) in [7, 11) is -3.59. The van der Waals surface area contributed by atoms with Crippen molar-refractivity contribution in [1.82, 2.24) is 14.6 Å². The maximum atomic E-state index is 12.8. The predicted octanol–water partition coefficient (Wildman–Crippen LogP) is 3.25. The molecular formula is C19H21Cl2N3O3S. The van der Waals surface area contributed by atoms with E-state index >= 15 is 0 Å². The van der Waals surface area contributed by atoms with Gasteiger partial charge in [0.15, 0.2) is 0 Å². The van der Waals surface area contributed by atoms with Gasteiger partial charge < -0.3 is 5.32 Å². The number of halogens is 2. The van der Waals surface area contributed by atoms with E-state index in [1.807, 2.05) is 12.1 Å². The minimum Gasteiger partial charge on any atom is -0.352 e. The van der Waals surface area contributed by atoms with Crippen molar-refractivity contribution in [2.24, 2.45) is 5.92 Å². The second-order valence-electron chi connectivity index (χ2n) is 6.76. The number of nitrogens with one attached hydrogen (secondary N) is 1. The number of hydrogen-bond donors (Lipinski definition) is 1. The molecule has 0 saturated carbocycles. The van der Waals surface area contributed by atoms with Crippen LogP contribution >= 0.6 is 23.2 Å². The summed E-state index contributed by atoms with van der Waals surface area (Å²) in [5.74, 6) is -0.721. The van der Waals surface area contributed by atoms with Crippen LogP contribution in [0.2, 0.25) is 10.0 Å². The van der Waals surface area contributed by atoms with Gasteiger partial charge in [0.2, 0.25) is 15.9 Å². The van der Waals surface area contributed by atoms with Gasteiger partial charge >= 0.3 is 0 Å². The highest BCUT2D eigenvalue weighted by Crippen LogP contribution is 2.26. The molecule has 9 heteroatoms. The van der Waals surface area contributed by atoms with E-state index in [0.717, 1.165) is 5.56 Å². The SMILES string of the molecule is O=C(NCc1ccncc1)C1CCCN(S(=O)(=O)Cc2ccc(Cl)cc2Cl)C1. The number of aromatic nitrogens is 1. The van der Waals surface area contributed by atoms with Crippen LogP contribution in [0.1, 0.15) is 24.0 Å². The van der Waals surface area contributed by atoms with Crippen LogP contribution in [0.3, 0.4) is 0 Å². The van der Waals surface area contributed by atoms with Crippen molar-refractivity contribution >= 4 is 39.1 Å². The van der Waals surface area contributed by atoms with Crippen molar-refractivity contribution in [2.45, 2.75) is 25.1 Å². The van der Waals surface area contributed by atoms with Gasteiger partial charge in [-0.2, -0.15) is 0 Å². The number of amides is 1. The Morgan fingerprint density at radius 1 is 1.21 bits per heavy atom. The Hall–Kier alpha value is -1.67. The third-order valence-corrected chi connectivity index (χ3v) is 7.10. The third-order valence-electron chi connectivity index (χ3n) is 4.72. The fourth-order valence-corrected chi connectivity index (χ4v) is 5.37. The molecule has 1 fully saturated rings. The number of sulfonamides is 1. The summed E-state index contributed by atoms with van der Waals surface area (Å²) in [5.41, 5.74) is 1.44. The molecule has 6 nitrogen and oxygen atoms in total. The van der Waals surface area contributed by atoms with Crippen molar-refractivity contribution in [3.8, 4) is 0 Å². The minimum absolute atomic E-state index is 0.138. The Morgan fingerprint density at radius 3 is 2.68 bits per heavy atom. The quantitative estimate of drug-likeness (QED) is 0.745. The van der Waals surface area contributed by atoms with Crippen LogP contribution in [0.5, 0.6) is 0 Å². The number of nitrogens with zero attached hydrogens (tertiary/aromatic N) is 2. The molecule has 1 unspecified atom stereocenters. The average molecular weight is 442 g/mol. The lowest BCUT2D eigenvalue weighted by atomic mass is 9.99. The Labute approximate surface area is 174 Å². The van der Waals surface area contributed by atoms with E-state index in [0.29, 0.717) is 41.5 Å². The maximum absolute atomic E-state index is 12.8. The lowest BCUT2D eigenvalue weighted by Gasteiger charge is -2.31. The fraction of sp³-hybridized carbons (Fsp3) is 0.368. The van der Waals surface area contributed by atoms with Gasteiger partial charge in [-0.3, -0.25) is 9.78 Å². The summed E-state index contributed by atoms with van der Waals surface area (Å²) in [6.07, 6.45) is 4.63. The third kappa shape index (κ3) is 5.44. The number of rotatable bonds is 6. The number of benzene rings is 1. The van der Waals surface area contributed by atoms with Crippen molar-refractivity contribution in [3.63, 3.8) is 0 Å². The Balaban J connectivity index is 1.62. The molecule has 0 bridgehead atoms. The molecule has 1 aromatic carbocycles. The van der Waals surface area contributed by atoms with Crippen LogP contribution in [-0.4, -0.2) is 36.7 Å². The fourth-order valence-electron chi connectivity index (χ4n) is 3.17. The van der Waals surface area contributed by atoms with E-state index in [4.69, 9.17) is 23.2 Å². The maximum Gasteiger partial charge on any atom is 0.224 e. The highest BCUT2D eigenvalue weighted by molar-refractivity contribution is 7.88. The molecule has 3 rings (SSSR count). The molecule has 2 heterocycles. The first-order valence-corrected chi connectivity index (χ1v) is 11.3. The van der Waals surface area contributed by atoms with Crippen LogP contribution in [0.4, 0.5) is 0 Å². The Morgan fingerprint density at radius 2 is 1.96 bits per heavy atom. The molecule has 1 aliphatic heterocycles. The first-order valence-electron chi connectivity index (χ1n) is 8.93. The van der Waals surface area contributed by atoms with E-state index in [9.17, 15) is 13.2 Å². The monoisotopic (exact) mass is 441 g/mol. The molecule has 1 N–H and O–H groups in total. The van der Waals surface area contributed by atoms with Crippen molar-refractivity contribution in [1.29, 1.82) is 0 Å². The van der Waals surface area contributed by atoms with Crippen molar-refractivity contribution < 1.29 is 13.2 Å². The number of pyridine rings is 1. The number of carbonyl (C=O) groups excluding carboxylic acids is 1. The molecule has 1 amide bonds. The minimum atomic E-state index is -3.59. The van der Waals surface area contributed by atoms with Gasteiger partial charge in [0.1, 0.15) is 0 Å². The molecule has 28 heavy (non-hydrogen) atoms. The molecule has 0 aliphatic carbocycles. The second-order valence-corrected chi connectivity index (χ2v) is 9.57. The Kier molecular flexibility index (Phi) is 6.93. The summed E-state index contributed by atoms with van der Waals surface area (Å²) in [6.45, 7) is 0.975. The van der Waals surface area contributed by atoms with Crippen molar-refractivity contribution in [2.75, 3.05) is 13.1 Å². The van der Waals surface area contributed by atoms with Gasteiger partial charge in [-0.05, 0) is 48.2 Å². The highest BCUT2D eigenvalue weighted by Gasteiger charge is 2.32. The zero-order valence-electron chi connectivity index (χ0n) is 15.1. The molecule has 1 aromatic heterocycles. The molecule has 1 saturated heterocycles. The second kappa shape index (κ2) is 9.22. The van der Waals surface area contributed by atoms with E-state index in [2.05, 4.69) is 10.3 Å². The van der Waals surface area contributed by atoms with E-state index in [-0.39, 0.29) is 24.1 Å². The molecule has 0 spiro atoms. The Bertz CT molecular complexity index is 939. The summed E-state index contributed by atoms with van der Waals surface area (Å²) in [5, 5.41) is 3.65. The molecule has 1 atom stereocenters. The largest absolute Gasteiger partial charge is 0.352 e. The van der Waals surface area contributed by atoms with Crippen molar-refractivity contribution in [3.05, 3.63) is 63.9 Å². The number of carbonyl (C=O) groups is 1. The average Bonchev–Trinajstić information content (AvgIpc) is 2.69. The van der Waals surface area contributed by atoms with Crippen LogP contribution in [0.25, 0.3) is 0 Å². The molecule has 1 aliphatic rings. The van der Waals surface area contributed by atoms with E-state index in [1.54, 1.807) is 24.5 Å². The van der Waals surface area contributed by atoms with Crippen LogP contribution in [0, 0.1) is 5.92 Å². The smallest absolute Gasteiger partial charge is 0.224 e. The first-order chi connectivity index (χ1) is 13.3. The van der Waals surface area contributed by atoms with Gasteiger partial charge in [-0.15, -0.1) is 0 Å². The standard InChI is InChI=1S/C19H21Cl2N3O3S/c20-17-4-3-16(18(21)10-17)13-28(26,27)24-9-1-2-15(12-24)19(25)23-11-14-5-7-22-8-6-14/h3-8,10,15H,1-2,9,11-13H2,(H,23,25). The predicted molar refractivity (Wildman–Crippen MR) is 109 cm³/mol. The summed E-state index contributed by atoms with van der Waals surface area (Å²) in [4.78, 5) is 16.5. The zero-order chi connectivity index (χ0) is 20.1. The number of hydrogen-bond acceptors (Lipinski definition) is 4. The van der Waals surface area contributed by atoms with Gasteiger partial charge in [-0.1, -0.05) is 29.3 Å². The topological polar surface area (TPSA) is 79.4 Å². The summed E-state index contributed by atoms with van der Waals surface area (Å²) < 4.78 is 27.1. The first kappa shape index (κ1) is 21.0. The summed E-state index contributed by atoms with van der Waals surface area (Å²) in [6, 6.07) is 8.41. The van der Waals surface area contributed by atoms with Crippen LogP contribution in [-0.2, 0) is 27.1 Å². The van der Waals surface area contributed by atoms with Crippen LogP contribution < -0.4 is 5.32 Å². The molecule has 0 radical (unpaired) electrons. The van der Waals surface area contributed by atoms with Gasteiger partial charge in [0, 0.05) is 42.1 Å². The van der Waals surface area contributed by atoms with Gasteiger partial charge in [-0.25, -0.2) is 12.7 Å². The van der Waals surface area contributed by atoms with Gasteiger partial charge in [0.25, 0.3) is 0 Å². The normalized spacial score (nSPS) is 18.0. The summed E-state index contributed by atoms with van der Waals surface area (Å²) >= 11 is 12.0. The van der Waals surface area contributed by atoms with E-state index in [1.165, 1.54) is 10.4 Å².